The van der Waals surface area contributed by atoms with Crippen LogP contribution in [-0.4, -0.2) is 17.7 Å². The van der Waals surface area contributed by atoms with Crippen molar-refractivity contribution in [3.8, 4) is 0 Å². The lowest BCUT2D eigenvalue weighted by Crippen LogP contribution is -2.45. The van der Waals surface area contributed by atoms with Crippen molar-refractivity contribution in [1.82, 2.24) is 0 Å². The van der Waals surface area contributed by atoms with Gasteiger partial charge in [-0.15, -0.1) is 0 Å². The summed E-state index contributed by atoms with van der Waals surface area (Å²) in [6.45, 7) is 0. The largest absolute Gasteiger partial charge is 0.627 e. The van der Waals surface area contributed by atoms with Crippen molar-refractivity contribution in [3.63, 3.8) is 0 Å². The number of fused-ring (bicyclic) bond motifs is 1. The summed E-state index contributed by atoms with van der Waals surface area (Å²) in [5, 5.41) is 11.9. The molecule has 0 amide bonds. The van der Waals surface area contributed by atoms with Crippen LogP contribution in [0.5, 0.6) is 0 Å². The summed E-state index contributed by atoms with van der Waals surface area (Å²) in [7, 11) is 1.49. The minimum absolute atomic E-state index is 0.345. The number of rotatable bonds is 0. The van der Waals surface area contributed by atoms with Gasteiger partial charge in [0.2, 0.25) is 0 Å². The molecule has 0 aromatic carbocycles. The third-order valence-corrected chi connectivity index (χ3v) is 2.37. The molecular weight excluding hydrogens is 183 g/mol. The first-order valence-corrected chi connectivity index (χ1v) is 4.31. The SMILES string of the molecule is C[N+]1([O-])C=C(N)C=C2C=C(F)C=CC21. The Labute approximate surface area is 81.5 Å². The van der Waals surface area contributed by atoms with Crippen LogP contribution in [0.2, 0.25) is 0 Å². The average Bonchev–Trinajstić information content (AvgIpc) is 2.00. The number of likely N-dealkylation sites (N-methyl/N-ethyl adjacent to an activating group) is 1. The van der Waals surface area contributed by atoms with Crippen LogP contribution in [0.1, 0.15) is 0 Å². The van der Waals surface area contributed by atoms with E-state index in [1.807, 2.05) is 0 Å². The molecule has 0 radical (unpaired) electrons. The number of allylic oxidation sites excluding steroid dienone is 3. The number of hydrogen-bond donors (Lipinski definition) is 1. The Morgan fingerprint density at radius 1 is 1.50 bits per heavy atom. The highest BCUT2D eigenvalue weighted by atomic mass is 19.1. The standard InChI is InChI=1S/C10H11FN2O/c1-13(14)6-9(12)5-7-4-8(11)2-3-10(7)13/h2-6,10H,12H2,1H3. The second-order valence-electron chi connectivity index (χ2n) is 3.67. The smallest absolute Gasteiger partial charge is 0.138 e. The van der Waals surface area contributed by atoms with E-state index in [-0.39, 0.29) is 11.9 Å². The van der Waals surface area contributed by atoms with Gasteiger partial charge in [0, 0.05) is 5.57 Å². The minimum Gasteiger partial charge on any atom is -0.627 e. The predicted octanol–water partition coefficient (Wildman–Crippen LogP) is 1.46. The predicted molar refractivity (Wildman–Crippen MR) is 52.0 cm³/mol. The first-order chi connectivity index (χ1) is 6.49. The van der Waals surface area contributed by atoms with Crippen LogP contribution in [0.15, 0.2) is 47.6 Å². The van der Waals surface area contributed by atoms with Crippen molar-refractivity contribution < 1.29 is 9.04 Å². The normalized spacial score (nSPS) is 35.6. The molecule has 2 unspecified atom stereocenters. The van der Waals surface area contributed by atoms with E-state index < -0.39 is 4.65 Å². The summed E-state index contributed by atoms with van der Waals surface area (Å²) < 4.78 is 12.3. The molecule has 0 spiro atoms. The Morgan fingerprint density at radius 3 is 2.93 bits per heavy atom. The maximum Gasteiger partial charge on any atom is 0.138 e. The molecule has 3 nitrogen and oxygen atoms in total. The molecule has 0 saturated heterocycles. The zero-order valence-electron chi connectivity index (χ0n) is 7.77. The molecule has 0 saturated carbocycles. The molecule has 0 aromatic heterocycles. The van der Waals surface area contributed by atoms with Crippen LogP contribution in [0, 0.1) is 5.21 Å². The van der Waals surface area contributed by atoms with Gasteiger partial charge in [0.25, 0.3) is 0 Å². The fourth-order valence-electron chi connectivity index (χ4n) is 1.79. The van der Waals surface area contributed by atoms with E-state index in [0.717, 1.165) is 0 Å². The zero-order chi connectivity index (χ0) is 10.3. The van der Waals surface area contributed by atoms with Crippen molar-refractivity contribution >= 4 is 0 Å². The van der Waals surface area contributed by atoms with Crippen LogP contribution >= 0.6 is 0 Å². The molecule has 2 aliphatic rings. The first kappa shape index (κ1) is 9.18. The van der Waals surface area contributed by atoms with Crippen molar-refractivity contribution in [1.29, 1.82) is 0 Å². The molecule has 74 valence electrons. The summed E-state index contributed by atoms with van der Waals surface area (Å²) in [5.74, 6) is -0.345. The molecule has 0 fully saturated rings. The quantitative estimate of drug-likeness (QED) is 0.469. The van der Waals surface area contributed by atoms with E-state index in [2.05, 4.69) is 0 Å². The lowest BCUT2D eigenvalue weighted by Gasteiger charge is -2.44. The third kappa shape index (κ3) is 1.38. The molecule has 0 aromatic rings. The molecule has 4 heteroatoms. The van der Waals surface area contributed by atoms with Gasteiger partial charge in [0.15, 0.2) is 0 Å². The van der Waals surface area contributed by atoms with Crippen molar-refractivity contribution in [2.75, 3.05) is 7.05 Å². The van der Waals surface area contributed by atoms with Gasteiger partial charge in [-0.2, -0.15) is 0 Å². The van der Waals surface area contributed by atoms with Gasteiger partial charge in [-0.05, 0) is 24.3 Å². The van der Waals surface area contributed by atoms with E-state index in [4.69, 9.17) is 5.73 Å². The second kappa shape index (κ2) is 2.80. The summed E-state index contributed by atoms with van der Waals surface area (Å²) in [4.78, 5) is 0. The molecule has 2 N–H and O–H groups in total. The maximum absolute atomic E-state index is 12.9. The maximum atomic E-state index is 12.9. The van der Waals surface area contributed by atoms with Crippen LogP contribution in [-0.2, 0) is 0 Å². The topological polar surface area (TPSA) is 49.1 Å². The second-order valence-corrected chi connectivity index (χ2v) is 3.67. The fourth-order valence-corrected chi connectivity index (χ4v) is 1.79. The highest BCUT2D eigenvalue weighted by molar-refractivity contribution is 5.43. The average molecular weight is 194 g/mol. The summed E-state index contributed by atoms with van der Waals surface area (Å²) in [6.07, 6.45) is 7.27. The third-order valence-electron chi connectivity index (χ3n) is 2.37. The highest BCUT2D eigenvalue weighted by Gasteiger charge is 2.29. The van der Waals surface area contributed by atoms with Crippen LogP contribution in [0.4, 0.5) is 4.39 Å². The number of nitrogens with zero attached hydrogens (tertiary/aromatic N) is 1. The Morgan fingerprint density at radius 2 is 2.21 bits per heavy atom. The van der Waals surface area contributed by atoms with Crippen LogP contribution < -0.4 is 5.73 Å². The minimum atomic E-state index is -0.613. The van der Waals surface area contributed by atoms with Gasteiger partial charge < -0.3 is 15.6 Å². The molecule has 14 heavy (non-hydrogen) atoms. The van der Waals surface area contributed by atoms with E-state index in [9.17, 15) is 9.60 Å². The number of quaternary nitrogens is 1. The molecular formula is C10H11FN2O. The van der Waals surface area contributed by atoms with E-state index in [1.165, 1.54) is 25.4 Å². The van der Waals surface area contributed by atoms with Gasteiger partial charge >= 0.3 is 0 Å². The van der Waals surface area contributed by atoms with Gasteiger partial charge in [-0.3, -0.25) is 0 Å². The zero-order valence-corrected chi connectivity index (χ0v) is 7.77. The molecule has 1 aliphatic carbocycles. The Bertz CT molecular complexity index is 391. The number of halogens is 1. The summed E-state index contributed by atoms with van der Waals surface area (Å²) in [6, 6.07) is -0.373. The van der Waals surface area contributed by atoms with Gasteiger partial charge in [-0.1, -0.05) is 0 Å². The van der Waals surface area contributed by atoms with Gasteiger partial charge in [-0.25, -0.2) is 4.39 Å². The first-order valence-electron chi connectivity index (χ1n) is 4.31. The molecule has 1 heterocycles. The Hall–Kier alpha value is -1.39. The lowest BCUT2D eigenvalue weighted by molar-refractivity contribution is -0.823. The highest BCUT2D eigenvalue weighted by Crippen LogP contribution is 2.30. The number of hydroxylamine groups is 3. The van der Waals surface area contributed by atoms with Crippen molar-refractivity contribution in [2.24, 2.45) is 5.73 Å². The van der Waals surface area contributed by atoms with Crippen molar-refractivity contribution in [3.05, 3.63) is 52.8 Å². The van der Waals surface area contributed by atoms with E-state index in [0.29, 0.717) is 11.3 Å². The lowest BCUT2D eigenvalue weighted by atomic mass is 9.96. The monoisotopic (exact) mass is 194 g/mol. The van der Waals surface area contributed by atoms with E-state index in [1.54, 1.807) is 12.2 Å². The van der Waals surface area contributed by atoms with Crippen LogP contribution in [0.25, 0.3) is 0 Å². The Balaban J connectivity index is 2.47. The molecule has 0 bridgehead atoms. The van der Waals surface area contributed by atoms with Crippen LogP contribution in [0.3, 0.4) is 0 Å². The van der Waals surface area contributed by atoms with Gasteiger partial charge in [0.05, 0.1) is 12.7 Å². The summed E-state index contributed by atoms with van der Waals surface area (Å²) in [5.41, 5.74) is 6.57. The number of nitrogens with two attached hydrogens (primary N) is 1. The van der Waals surface area contributed by atoms with Crippen molar-refractivity contribution in [2.45, 2.75) is 6.04 Å². The molecule has 2 rings (SSSR count). The fraction of sp³-hybridized carbons (Fsp3) is 0.200. The van der Waals surface area contributed by atoms with Gasteiger partial charge in [0.1, 0.15) is 18.1 Å². The number of hydrogen-bond acceptors (Lipinski definition) is 2. The summed E-state index contributed by atoms with van der Waals surface area (Å²) >= 11 is 0. The Kier molecular flexibility index (Phi) is 1.83. The van der Waals surface area contributed by atoms with E-state index >= 15 is 0 Å². The molecule has 1 aliphatic heterocycles. The molecule has 2 atom stereocenters.